The molecule has 0 radical (unpaired) electrons. The van der Waals surface area contributed by atoms with Crippen LogP contribution in [0, 0.1) is 0 Å². The zero-order valence-electron chi connectivity index (χ0n) is 9.76. The Kier molecular flexibility index (Phi) is 4.65. The summed E-state index contributed by atoms with van der Waals surface area (Å²) in [4.78, 5) is 11.5. The molecule has 0 bridgehead atoms. The fourth-order valence-electron chi connectivity index (χ4n) is 1.35. The normalized spacial score (nSPS) is 11.2. The first-order valence-corrected chi connectivity index (χ1v) is 6.77. The summed E-state index contributed by atoms with van der Waals surface area (Å²) >= 11 is 0. The average Bonchev–Trinajstić information content (AvgIpc) is 2.29. The lowest BCUT2D eigenvalue weighted by atomic mass is 10.2. The van der Waals surface area contributed by atoms with Crippen LogP contribution in [0.1, 0.15) is 24.2 Å². The standard InChI is InChI=1S/C11H15NO4S/c1-3-12-17(14,15)10-8-6-5-7-9(10)11(13)16-4-2/h5-8,12H,3-4H2,1-2H3. The molecule has 0 saturated heterocycles. The van der Waals surface area contributed by atoms with Gasteiger partial charge in [-0.05, 0) is 19.1 Å². The molecule has 0 atom stereocenters. The molecule has 0 aromatic heterocycles. The molecule has 1 N–H and O–H groups in total. The van der Waals surface area contributed by atoms with Crippen molar-refractivity contribution in [1.82, 2.24) is 4.72 Å². The number of rotatable bonds is 5. The highest BCUT2D eigenvalue weighted by atomic mass is 32.2. The Labute approximate surface area is 101 Å². The minimum absolute atomic E-state index is 0.0512. The van der Waals surface area contributed by atoms with Gasteiger partial charge in [0.15, 0.2) is 0 Å². The maximum absolute atomic E-state index is 11.8. The molecule has 0 saturated carbocycles. The highest BCUT2D eigenvalue weighted by Gasteiger charge is 2.21. The zero-order valence-corrected chi connectivity index (χ0v) is 10.6. The molecule has 1 aromatic carbocycles. The van der Waals surface area contributed by atoms with Crippen LogP contribution in [0.5, 0.6) is 0 Å². The summed E-state index contributed by atoms with van der Waals surface area (Å²) in [6.07, 6.45) is 0. The zero-order chi connectivity index (χ0) is 12.9. The van der Waals surface area contributed by atoms with Crippen LogP contribution in [0.15, 0.2) is 29.2 Å². The number of hydrogen-bond donors (Lipinski definition) is 1. The van der Waals surface area contributed by atoms with Crippen molar-refractivity contribution >= 4 is 16.0 Å². The number of hydrogen-bond acceptors (Lipinski definition) is 4. The van der Waals surface area contributed by atoms with Crippen LogP contribution >= 0.6 is 0 Å². The van der Waals surface area contributed by atoms with E-state index in [0.29, 0.717) is 0 Å². The van der Waals surface area contributed by atoms with Gasteiger partial charge < -0.3 is 4.74 Å². The minimum atomic E-state index is -3.66. The van der Waals surface area contributed by atoms with Gasteiger partial charge in [0.25, 0.3) is 0 Å². The molecule has 0 heterocycles. The SMILES string of the molecule is CCNS(=O)(=O)c1ccccc1C(=O)OCC. The molecule has 0 aliphatic heterocycles. The number of benzene rings is 1. The highest BCUT2D eigenvalue weighted by molar-refractivity contribution is 7.89. The number of sulfonamides is 1. The first kappa shape index (κ1) is 13.7. The van der Waals surface area contributed by atoms with E-state index < -0.39 is 16.0 Å². The van der Waals surface area contributed by atoms with Crippen LogP contribution in [-0.4, -0.2) is 27.5 Å². The summed E-state index contributed by atoms with van der Waals surface area (Å²) in [5.74, 6) is -0.635. The largest absolute Gasteiger partial charge is 0.462 e. The number of nitrogens with one attached hydrogen (secondary N) is 1. The predicted octanol–water partition coefficient (Wildman–Crippen LogP) is 1.16. The molecule has 94 valence electrons. The van der Waals surface area contributed by atoms with E-state index in [1.54, 1.807) is 26.0 Å². The van der Waals surface area contributed by atoms with Crippen LogP contribution in [0.25, 0.3) is 0 Å². The third-order valence-electron chi connectivity index (χ3n) is 2.01. The van der Waals surface area contributed by atoms with Crippen molar-refractivity contribution in [3.63, 3.8) is 0 Å². The molecule has 0 spiro atoms. The fraction of sp³-hybridized carbons (Fsp3) is 0.364. The molecule has 0 amide bonds. The average molecular weight is 257 g/mol. The van der Waals surface area contributed by atoms with Crippen LogP contribution in [-0.2, 0) is 14.8 Å². The third kappa shape index (κ3) is 3.28. The number of carbonyl (C=O) groups is 1. The quantitative estimate of drug-likeness (QED) is 0.803. The second-order valence-electron chi connectivity index (χ2n) is 3.22. The molecular weight excluding hydrogens is 242 g/mol. The Morgan fingerprint density at radius 3 is 2.53 bits per heavy atom. The van der Waals surface area contributed by atoms with Crippen LogP contribution in [0.4, 0.5) is 0 Å². The maximum Gasteiger partial charge on any atom is 0.339 e. The summed E-state index contributed by atoms with van der Waals surface area (Å²) in [6.45, 7) is 3.80. The van der Waals surface area contributed by atoms with Gasteiger partial charge in [0.2, 0.25) is 10.0 Å². The van der Waals surface area contributed by atoms with E-state index in [0.717, 1.165) is 0 Å². The monoisotopic (exact) mass is 257 g/mol. The van der Waals surface area contributed by atoms with E-state index in [-0.39, 0.29) is 23.6 Å². The molecule has 0 unspecified atom stereocenters. The van der Waals surface area contributed by atoms with Gasteiger partial charge in [0.05, 0.1) is 17.1 Å². The second kappa shape index (κ2) is 5.79. The van der Waals surface area contributed by atoms with Crippen LogP contribution < -0.4 is 4.72 Å². The predicted molar refractivity (Wildman–Crippen MR) is 63.3 cm³/mol. The first-order valence-electron chi connectivity index (χ1n) is 5.28. The highest BCUT2D eigenvalue weighted by Crippen LogP contribution is 2.16. The molecule has 5 nitrogen and oxygen atoms in total. The van der Waals surface area contributed by atoms with E-state index in [4.69, 9.17) is 4.74 Å². The first-order chi connectivity index (χ1) is 8.03. The molecule has 0 fully saturated rings. The van der Waals surface area contributed by atoms with Crippen molar-refractivity contribution in [1.29, 1.82) is 0 Å². The van der Waals surface area contributed by atoms with Crippen LogP contribution in [0.3, 0.4) is 0 Å². The molecule has 1 aromatic rings. The van der Waals surface area contributed by atoms with Crippen molar-refractivity contribution in [2.24, 2.45) is 0 Å². The van der Waals surface area contributed by atoms with E-state index in [2.05, 4.69) is 4.72 Å². The lowest BCUT2D eigenvalue weighted by Crippen LogP contribution is -2.25. The van der Waals surface area contributed by atoms with Gasteiger partial charge in [-0.2, -0.15) is 0 Å². The third-order valence-corrected chi connectivity index (χ3v) is 3.61. The van der Waals surface area contributed by atoms with E-state index in [1.165, 1.54) is 12.1 Å². The maximum atomic E-state index is 11.8. The summed E-state index contributed by atoms with van der Waals surface area (Å²) < 4.78 is 30.8. The lowest BCUT2D eigenvalue weighted by molar-refractivity contribution is 0.0522. The number of esters is 1. The van der Waals surface area contributed by atoms with Gasteiger partial charge in [-0.15, -0.1) is 0 Å². The molecule has 1 rings (SSSR count). The topological polar surface area (TPSA) is 72.5 Å². The van der Waals surface area contributed by atoms with Crippen LogP contribution in [0.2, 0.25) is 0 Å². The van der Waals surface area contributed by atoms with Crippen molar-refractivity contribution in [3.05, 3.63) is 29.8 Å². The Morgan fingerprint density at radius 2 is 1.94 bits per heavy atom. The Balaban J connectivity index is 3.21. The summed E-state index contributed by atoms with van der Waals surface area (Å²) in [5, 5.41) is 0. The molecule has 6 heteroatoms. The van der Waals surface area contributed by atoms with E-state index in [1.807, 2.05) is 0 Å². The van der Waals surface area contributed by atoms with Crippen molar-refractivity contribution < 1.29 is 17.9 Å². The van der Waals surface area contributed by atoms with Gasteiger partial charge in [-0.25, -0.2) is 17.9 Å². The van der Waals surface area contributed by atoms with Crippen molar-refractivity contribution in [3.8, 4) is 0 Å². The van der Waals surface area contributed by atoms with Crippen molar-refractivity contribution in [2.75, 3.05) is 13.2 Å². The molecule has 17 heavy (non-hydrogen) atoms. The minimum Gasteiger partial charge on any atom is -0.462 e. The number of carbonyl (C=O) groups excluding carboxylic acids is 1. The Morgan fingerprint density at radius 1 is 1.29 bits per heavy atom. The smallest absolute Gasteiger partial charge is 0.339 e. The molecular formula is C11H15NO4S. The fourth-order valence-corrected chi connectivity index (χ4v) is 2.58. The lowest BCUT2D eigenvalue weighted by Gasteiger charge is -2.09. The Hall–Kier alpha value is -1.40. The van der Waals surface area contributed by atoms with Gasteiger partial charge in [-0.3, -0.25) is 0 Å². The second-order valence-corrected chi connectivity index (χ2v) is 4.95. The van der Waals surface area contributed by atoms with Gasteiger partial charge in [0, 0.05) is 6.54 Å². The van der Waals surface area contributed by atoms with E-state index in [9.17, 15) is 13.2 Å². The summed E-state index contributed by atoms with van der Waals surface area (Å²) in [7, 11) is -3.66. The summed E-state index contributed by atoms with van der Waals surface area (Å²) in [6, 6.07) is 5.97. The Bertz CT molecular complexity index is 496. The molecule has 0 aliphatic rings. The number of ether oxygens (including phenoxy) is 1. The van der Waals surface area contributed by atoms with Gasteiger partial charge in [0.1, 0.15) is 0 Å². The van der Waals surface area contributed by atoms with Gasteiger partial charge >= 0.3 is 5.97 Å². The van der Waals surface area contributed by atoms with Crippen molar-refractivity contribution in [2.45, 2.75) is 18.7 Å². The summed E-state index contributed by atoms with van der Waals surface area (Å²) in [5.41, 5.74) is 0.0512. The molecule has 0 aliphatic carbocycles. The van der Waals surface area contributed by atoms with E-state index >= 15 is 0 Å². The van der Waals surface area contributed by atoms with Gasteiger partial charge in [-0.1, -0.05) is 19.1 Å².